The van der Waals surface area contributed by atoms with Gasteiger partial charge in [0.25, 0.3) is 5.91 Å². The Morgan fingerprint density at radius 1 is 1.14 bits per heavy atom. The normalized spacial score (nSPS) is 26.0. The maximum absolute atomic E-state index is 12.0. The van der Waals surface area contributed by atoms with Gasteiger partial charge in [-0.05, 0) is 19.3 Å². The summed E-state index contributed by atoms with van der Waals surface area (Å²) in [6.07, 6.45) is 7.19. The minimum atomic E-state index is -2.97. The minimum absolute atomic E-state index is 0.00451. The maximum atomic E-state index is 12.0. The molecule has 7 heteroatoms. The van der Waals surface area contributed by atoms with Gasteiger partial charge >= 0.3 is 0 Å². The van der Waals surface area contributed by atoms with Crippen molar-refractivity contribution in [2.24, 2.45) is 0 Å². The van der Waals surface area contributed by atoms with E-state index in [1.54, 1.807) is 0 Å². The van der Waals surface area contributed by atoms with Gasteiger partial charge in [-0.3, -0.25) is 4.79 Å². The molecule has 1 atom stereocenters. The molecule has 21 heavy (non-hydrogen) atoms. The van der Waals surface area contributed by atoms with Crippen LogP contribution in [0.1, 0.15) is 38.5 Å². The molecule has 6 nitrogen and oxygen atoms in total. The Hall–Kier alpha value is -1.55. The zero-order valence-electron chi connectivity index (χ0n) is 12.0. The van der Waals surface area contributed by atoms with E-state index in [9.17, 15) is 13.2 Å². The number of hydrogen-bond acceptors (Lipinski definition) is 5. The van der Waals surface area contributed by atoms with Gasteiger partial charge in [-0.1, -0.05) is 19.3 Å². The lowest BCUT2D eigenvalue weighted by molar-refractivity contribution is -0.118. The molecule has 1 heterocycles. The molecule has 0 spiro atoms. The Kier molecular flexibility index (Phi) is 5.23. The van der Waals surface area contributed by atoms with Crippen LogP contribution in [0.2, 0.25) is 0 Å². The summed E-state index contributed by atoms with van der Waals surface area (Å²) >= 11 is 0. The zero-order valence-corrected chi connectivity index (χ0v) is 12.8. The second-order valence-electron chi connectivity index (χ2n) is 5.74. The van der Waals surface area contributed by atoms with Crippen molar-refractivity contribution in [3.63, 3.8) is 0 Å². The summed E-state index contributed by atoms with van der Waals surface area (Å²) in [7, 11) is -2.97. The molecule has 2 N–H and O–H groups in total. The molecule has 0 aromatic carbocycles. The van der Waals surface area contributed by atoms with Crippen molar-refractivity contribution in [1.82, 2.24) is 10.6 Å². The fraction of sp³-hybridized carbons (Fsp3) is 0.714. The smallest absolute Gasteiger partial charge is 0.263 e. The summed E-state index contributed by atoms with van der Waals surface area (Å²) in [6, 6.07) is 1.81. The average molecular weight is 311 g/mol. The largest absolute Gasteiger partial charge is 0.386 e. The molecular formula is C14H21N3O3S. The molecular weight excluding hydrogens is 290 g/mol. The maximum Gasteiger partial charge on any atom is 0.263 e. The van der Waals surface area contributed by atoms with Crippen LogP contribution in [0, 0.1) is 11.3 Å². The fourth-order valence-corrected chi connectivity index (χ4v) is 4.47. The molecule has 0 aromatic rings. The van der Waals surface area contributed by atoms with Gasteiger partial charge in [0.05, 0.1) is 11.5 Å². The summed E-state index contributed by atoms with van der Waals surface area (Å²) in [5.41, 5.74) is 0.00451. The average Bonchev–Trinajstić information content (AvgIpc) is 2.80. The number of rotatable bonds is 4. The molecule has 1 saturated carbocycles. The SMILES string of the molecule is N#C/C(=C/NC1CCS(=O)(=O)C1)C(=O)NC1CCCCC1. The number of nitriles is 1. The molecule has 0 bridgehead atoms. The molecule has 2 fully saturated rings. The van der Waals surface area contributed by atoms with Crippen molar-refractivity contribution in [1.29, 1.82) is 5.26 Å². The van der Waals surface area contributed by atoms with Crippen molar-refractivity contribution in [3.8, 4) is 6.07 Å². The lowest BCUT2D eigenvalue weighted by Gasteiger charge is -2.22. The van der Waals surface area contributed by atoms with Crippen LogP contribution in [0.5, 0.6) is 0 Å². The standard InChI is InChI=1S/C14H21N3O3S/c15-8-11(9-16-13-6-7-21(19,20)10-13)14(18)17-12-4-2-1-3-5-12/h9,12-13,16H,1-7,10H2,(H,17,18)/b11-9-. The van der Waals surface area contributed by atoms with Crippen LogP contribution in [-0.4, -0.2) is 37.9 Å². The molecule has 116 valence electrons. The van der Waals surface area contributed by atoms with Gasteiger partial charge in [0.2, 0.25) is 0 Å². The predicted octanol–water partition coefficient (Wildman–Crippen LogP) is 0.619. The van der Waals surface area contributed by atoms with Gasteiger partial charge in [-0.25, -0.2) is 8.42 Å². The molecule has 1 saturated heterocycles. The number of carbonyl (C=O) groups excluding carboxylic acids is 1. The minimum Gasteiger partial charge on any atom is -0.386 e. The van der Waals surface area contributed by atoms with Gasteiger partial charge in [-0.15, -0.1) is 0 Å². The Morgan fingerprint density at radius 3 is 2.43 bits per heavy atom. The van der Waals surface area contributed by atoms with Crippen LogP contribution in [0.3, 0.4) is 0 Å². The molecule has 1 amide bonds. The van der Waals surface area contributed by atoms with Gasteiger partial charge in [0, 0.05) is 18.3 Å². The van der Waals surface area contributed by atoms with E-state index in [2.05, 4.69) is 10.6 Å². The van der Waals surface area contributed by atoms with E-state index in [0.717, 1.165) is 25.7 Å². The second kappa shape index (κ2) is 6.94. The van der Waals surface area contributed by atoms with Crippen molar-refractivity contribution in [2.45, 2.75) is 50.6 Å². The molecule has 0 radical (unpaired) electrons. The van der Waals surface area contributed by atoms with Crippen LogP contribution < -0.4 is 10.6 Å². The van der Waals surface area contributed by atoms with Crippen molar-refractivity contribution < 1.29 is 13.2 Å². The zero-order chi connectivity index (χ0) is 15.3. The van der Waals surface area contributed by atoms with E-state index in [4.69, 9.17) is 5.26 Å². The number of nitrogens with one attached hydrogen (secondary N) is 2. The van der Waals surface area contributed by atoms with Gasteiger partial charge in [0.15, 0.2) is 9.84 Å². The van der Waals surface area contributed by atoms with Crippen LogP contribution in [0.15, 0.2) is 11.8 Å². The van der Waals surface area contributed by atoms with Crippen LogP contribution >= 0.6 is 0 Å². The summed E-state index contributed by atoms with van der Waals surface area (Å²) in [5.74, 6) is -0.154. The molecule has 0 aromatic heterocycles. The summed E-state index contributed by atoms with van der Waals surface area (Å²) in [6.45, 7) is 0. The number of hydrogen-bond donors (Lipinski definition) is 2. The number of amides is 1. The van der Waals surface area contributed by atoms with Crippen molar-refractivity contribution >= 4 is 15.7 Å². The molecule has 1 unspecified atom stereocenters. The van der Waals surface area contributed by atoms with Crippen LogP contribution in [-0.2, 0) is 14.6 Å². The van der Waals surface area contributed by atoms with E-state index in [1.165, 1.54) is 12.6 Å². The third-order valence-electron chi connectivity index (χ3n) is 4.00. The van der Waals surface area contributed by atoms with Crippen LogP contribution in [0.4, 0.5) is 0 Å². The van der Waals surface area contributed by atoms with Crippen LogP contribution in [0.25, 0.3) is 0 Å². The Labute approximate surface area is 125 Å². The monoisotopic (exact) mass is 311 g/mol. The third kappa shape index (κ3) is 4.74. The first kappa shape index (κ1) is 15.8. The molecule has 1 aliphatic carbocycles. The lowest BCUT2D eigenvalue weighted by Crippen LogP contribution is -2.37. The fourth-order valence-electron chi connectivity index (χ4n) is 2.79. The second-order valence-corrected chi connectivity index (χ2v) is 7.97. The van der Waals surface area contributed by atoms with Gasteiger partial charge in [0.1, 0.15) is 11.6 Å². The third-order valence-corrected chi connectivity index (χ3v) is 5.77. The highest BCUT2D eigenvalue weighted by atomic mass is 32.2. The molecule has 2 aliphatic rings. The van der Waals surface area contributed by atoms with Crippen molar-refractivity contribution in [3.05, 3.63) is 11.8 Å². The number of nitrogens with zero attached hydrogens (tertiary/aromatic N) is 1. The van der Waals surface area contributed by atoms with Gasteiger partial charge in [-0.2, -0.15) is 5.26 Å². The topological polar surface area (TPSA) is 99.1 Å². The Morgan fingerprint density at radius 2 is 1.86 bits per heavy atom. The highest BCUT2D eigenvalue weighted by Gasteiger charge is 2.27. The first-order valence-corrected chi connectivity index (χ1v) is 9.20. The van der Waals surface area contributed by atoms with Crippen molar-refractivity contribution in [2.75, 3.05) is 11.5 Å². The van der Waals surface area contributed by atoms with Gasteiger partial charge < -0.3 is 10.6 Å². The highest BCUT2D eigenvalue weighted by Crippen LogP contribution is 2.17. The molecule has 2 rings (SSSR count). The van der Waals surface area contributed by atoms with E-state index < -0.39 is 9.84 Å². The first-order chi connectivity index (χ1) is 10.00. The summed E-state index contributed by atoms with van der Waals surface area (Å²) in [4.78, 5) is 12.0. The van der Waals surface area contributed by atoms with E-state index in [-0.39, 0.29) is 35.1 Å². The predicted molar refractivity (Wildman–Crippen MR) is 78.9 cm³/mol. The number of sulfone groups is 1. The van der Waals surface area contributed by atoms with E-state index in [1.807, 2.05) is 6.07 Å². The Balaban J connectivity index is 1.88. The number of carbonyl (C=O) groups is 1. The lowest BCUT2D eigenvalue weighted by atomic mass is 9.95. The molecule has 1 aliphatic heterocycles. The van der Waals surface area contributed by atoms with E-state index >= 15 is 0 Å². The Bertz CT molecular complexity index is 557. The highest BCUT2D eigenvalue weighted by molar-refractivity contribution is 7.91. The first-order valence-electron chi connectivity index (χ1n) is 7.38. The quantitative estimate of drug-likeness (QED) is 0.586. The summed E-state index contributed by atoms with van der Waals surface area (Å²) < 4.78 is 22.7. The van der Waals surface area contributed by atoms with E-state index in [0.29, 0.717) is 6.42 Å². The summed E-state index contributed by atoms with van der Waals surface area (Å²) in [5, 5.41) is 14.8.